The predicted molar refractivity (Wildman–Crippen MR) is 92.6 cm³/mol. The van der Waals surface area contributed by atoms with Gasteiger partial charge in [-0.3, -0.25) is 0 Å². The minimum absolute atomic E-state index is 0.0837. The van der Waals surface area contributed by atoms with Crippen LogP contribution in [-0.2, 0) is 0 Å². The lowest BCUT2D eigenvalue weighted by Gasteiger charge is -2.29. The fourth-order valence-corrected chi connectivity index (χ4v) is 3.82. The minimum atomic E-state index is -0.960. The van der Waals surface area contributed by atoms with Crippen molar-refractivity contribution in [2.75, 3.05) is 6.61 Å². The van der Waals surface area contributed by atoms with E-state index in [1.54, 1.807) is 25.1 Å². The second kappa shape index (κ2) is 7.68. The molecule has 1 saturated carbocycles. The first-order chi connectivity index (χ1) is 12.4. The largest absolute Gasteiger partial charge is 0.491 e. The van der Waals surface area contributed by atoms with Crippen molar-refractivity contribution < 1.29 is 22.3 Å². The van der Waals surface area contributed by atoms with Gasteiger partial charge in [0.1, 0.15) is 0 Å². The molecule has 1 nitrogen and oxygen atoms in total. The third-order valence-electron chi connectivity index (χ3n) is 5.29. The molecular weight excluding hydrogens is 344 g/mol. The molecule has 1 aliphatic rings. The van der Waals surface area contributed by atoms with E-state index in [0.717, 1.165) is 0 Å². The maximum absolute atomic E-state index is 14.4. The smallest absolute Gasteiger partial charge is 0.200 e. The molecule has 2 aromatic rings. The molecule has 0 aromatic heterocycles. The third-order valence-corrected chi connectivity index (χ3v) is 5.29. The van der Waals surface area contributed by atoms with Crippen LogP contribution in [-0.4, -0.2) is 6.61 Å². The van der Waals surface area contributed by atoms with E-state index in [1.807, 2.05) is 0 Å². The molecule has 0 saturated heterocycles. The van der Waals surface area contributed by atoms with Crippen LogP contribution in [0.5, 0.6) is 5.75 Å². The highest BCUT2D eigenvalue weighted by molar-refractivity contribution is 5.34. The van der Waals surface area contributed by atoms with Crippen LogP contribution in [0.1, 0.15) is 61.1 Å². The van der Waals surface area contributed by atoms with Gasteiger partial charge in [-0.15, -0.1) is 0 Å². The average Bonchev–Trinajstić information content (AvgIpc) is 2.64. The Morgan fingerprint density at radius 2 is 1.27 bits per heavy atom. The molecule has 5 heteroatoms. The van der Waals surface area contributed by atoms with Crippen molar-refractivity contribution in [3.63, 3.8) is 0 Å². The van der Waals surface area contributed by atoms with Gasteiger partial charge in [-0.2, -0.15) is 4.39 Å². The van der Waals surface area contributed by atoms with E-state index in [0.29, 0.717) is 36.8 Å². The quantitative estimate of drug-likeness (QED) is 0.570. The zero-order valence-corrected chi connectivity index (χ0v) is 14.9. The number of rotatable bonds is 4. The Morgan fingerprint density at radius 3 is 1.81 bits per heavy atom. The molecule has 140 valence electrons. The Kier molecular flexibility index (Phi) is 5.54. The summed E-state index contributed by atoms with van der Waals surface area (Å²) in [5.41, 5.74) is 0.997. The topological polar surface area (TPSA) is 9.23 Å². The zero-order chi connectivity index (χ0) is 18.8. The highest BCUT2D eigenvalue weighted by Crippen LogP contribution is 2.43. The van der Waals surface area contributed by atoms with E-state index in [-0.39, 0.29) is 29.8 Å². The van der Waals surface area contributed by atoms with Gasteiger partial charge >= 0.3 is 0 Å². The molecule has 0 spiro atoms. The molecule has 2 aromatic carbocycles. The molecule has 1 fully saturated rings. The number of halogens is 4. The summed E-state index contributed by atoms with van der Waals surface area (Å²) in [5.74, 6) is -3.73. The predicted octanol–water partition coefficient (Wildman–Crippen LogP) is 6.39. The first kappa shape index (κ1) is 18.7. The second-order valence-corrected chi connectivity index (χ2v) is 6.86. The molecule has 0 unspecified atom stereocenters. The maximum Gasteiger partial charge on any atom is 0.200 e. The first-order valence-corrected chi connectivity index (χ1v) is 8.99. The van der Waals surface area contributed by atoms with E-state index in [2.05, 4.69) is 0 Å². The van der Waals surface area contributed by atoms with Gasteiger partial charge in [0.25, 0.3) is 0 Å². The number of hydrogen-bond donors (Lipinski definition) is 0. The van der Waals surface area contributed by atoms with Gasteiger partial charge in [0.15, 0.2) is 23.2 Å². The summed E-state index contributed by atoms with van der Waals surface area (Å²) in [6, 6.07) is 6.25. The second-order valence-electron chi connectivity index (χ2n) is 6.86. The summed E-state index contributed by atoms with van der Waals surface area (Å²) >= 11 is 0. The lowest BCUT2D eigenvalue weighted by molar-refractivity contribution is 0.310. The van der Waals surface area contributed by atoms with Crippen LogP contribution in [0.4, 0.5) is 17.6 Å². The molecule has 0 heterocycles. The van der Waals surface area contributed by atoms with Crippen LogP contribution in [0, 0.1) is 30.2 Å². The lowest BCUT2D eigenvalue weighted by Crippen LogP contribution is -2.15. The molecule has 3 rings (SSSR count). The summed E-state index contributed by atoms with van der Waals surface area (Å²) in [6.45, 7) is 3.50. The Bertz CT molecular complexity index is 795. The van der Waals surface area contributed by atoms with E-state index in [9.17, 15) is 17.6 Å². The van der Waals surface area contributed by atoms with Crippen molar-refractivity contribution in [1.82, 2.24) is 0 Å². The molecule has 0 bridgehead atoms. The highest BCUT2D eigenvalue weighted by atomic mass is 19.2. The molecule has 0 N–H and O–H groups in total. The number of ether oxygens (including phenoxy) is 1. The summed E-state index contributed by atoms with van der Waals surface area (Å²) in [6.07, 6.45) is 2.42. The average molecular weight is 366 g/mol. The van der Waals surface area contributed by atoms with Gasteiger partial charge in [-0.05, 0) is 74.1 Å². The first-order valence-electron chi connectivity index (χ1n) is 8.99. The SMILES string of the molecule is CCOc1ccc(C2CCC(c3ccc(C)c(F)c3F)CC2)c(F)c1F. The van der Waals surface area contributed by atoms with Crippen molar-refractivity contribution in [2.45, 2.75) is 51.4 Å². The van der Waals surface area contributed by atoms with Gasteiger partial charge in [0.2, 0.25) is 5.82 Å². The van der Waals surface area contributed by atoms with E-state index >= 15 is 0 Å². The van der Waals surface area contributed by atoms with Gasteiger partial charge in [0.05, 0.1) is 6.61 Å². The molecular formula is C21H22F4O. The van der Waals surface area contributed by atoms with Crippen LogP contribution in [0.3, 0.4) is 0 Å². The fourth-order valence-electron chi connectivity index (χ4n) is 3.82. The summed E-state index contributed by atoms with van der Waals surface area (Å²) < 4.78 is 61.6. The van der Waals surface area contributed by atoms with Crippen LogP contribution >= 0.6 is 0 Å². The summed E-state index contributed by atoms with van der Waals surface area (Å²) in [4.78, 5) is 0. The zero-order valence-electron chi connectivity index (χ0n) is 14.9. The molecule has 26 heavy (non-hydrogen) atoms. The Balaban J connectivity index is 1.75. The van der Waals surface area contributed by atoms with Crippen molar-refractivity contribution >= 4 is 0 Å². The van der Waals surface area contributed by atoms with Gasteiger partial charge in [-0.25, -0.2) is 13.2 Å². The normalized spacial score (nSPS) is 20.2. The monoisotopic (exact) mass is 366 g/mol. The van der Waals surface area contributed by atoms with E-state index < -0.39 is 23.3 Å². The van der Waals surface area contributed by atoms with Gasteiger partial charge in [-0.1, -0.05) is 18.2 Å². The third kappa shape index (κ3) is 3.44. The maximum atomic E-state index is 14.4. The van der Waals surface area contributed by atoms with E-state index in [4.69, 9.17) is 4.74 Å². The van der Waals surface area contributed by atoms with Crippen LogP contribution < -0.4 is 4.74 Å². The molecule has 1 aliphatic carbocycles. The van der Waals surface area contributed by atoms with Crippen molar-refractivity contribution in [3.05, 3.63) is 64.2 Å². The van der Waals surface area contributed by atoms with E-state index in [1.165, 1.54) is 13.0 Å². The molecule has 0 amide bonds. The van der Waals surface area contributed by atoms with Crippen LogP contribution in [0.15, 0.2) is 24.3 Å². The van der Waals surface area contributed by atoms with Crippen molar-refractivity contribution in [1.29, 1.82) is 0 Å². The standard InChI is InChI=1S/C21H22F4O/c1-3-26-17-11-10-16(20(24)21(17)25)14-7-5-13(6-8-14)15-9-4-12(2)18(22)19(15)23/h4,9-11,13-14H,3,5-8H2,1-2H3. The van der Waals surface area contributed by atoms with Crippen molar-refractivity contribution in [3.8, 4) is 5.75 Å². The number of hydrogen-bond acceptors (Lipinski definition) is 1. The molecule has 0 radical (unpaired) electrons. The molecule has 0 aliphatic heterocycles. The number of aryl methyl sites for hydroxylation is 1. The van der Waals surface area contributed by atoms with Gasteiger partial charge < -0.3 is 4.74 Å². The van der Waals surface area contributed by atoms with Crippen LogP contribution in [0.2, 0.25) is 0 Å². The van der Waals surface area contributed by atoms with Gasteiger partial charge in [0, 0.05) is 0 Å². The summed E-state index contributed by atoms with van der Waals surface area (Å²) in [7, 11) is 0. The minimum Gasteiger partial charge on any atom is -0.491 e. The number of benzene rings is 2. The fraction of sp³-hybridized carbons (Fsp3) is 0.429. The Hall–Kier alpha value is -2.04. The van der Waals surface area contributed by atoms with Crippen LogP contribution in [0.25, 0.3) is 0 Å². The Morgan fingerprint density at radius 1 is 0.769 bits per heavy atom. The summed E-state index contributed by atoms with van der Waals surface area (Å²) in [5, 5.41) is 0. The highest BCUT2D eigenvalue weighted by Gasteiger charge is 2.29. The van der Waals surface area contributed by atoms with Crippen molar-refractivity contribution in [2.24, 2.45) is 0 Å². The molecule has 0 atom stereocenters. The lowest BCUT2D eigenvalue weighted by atomic mass is 9.75. The Labute approximate surface area is 151 Å².